The van der Waals surface area contributed by atoms with Crippen molar-refractivity contribution in [1.29, 1.82) is 0 Å². The highest BCUT2D eigenvalue weighted by Gasteiger charge is 2.60. The Morgan fingerprint density at radius 2 is 1.75 bits per heavy atom. The van der Waals surface area contributed by atoms with E-state index < -0.39 is 39.5 Å². The van der Waals surface area contributed by atoms with Gasteiger partial charge < -0.3 is 9.84 Å². The average Bonchev–Trinajstić information content (AvgIpc) is 3.92. The molecule has 12 heteroatoms. The minimum atomic E-state index is -4.79. The molecular formula is C32H30F4N2O5S. The van der Waals surface area contributed by atoms with Crippen LogP contribution < -0.4 is 4.74 Å². The first-order valence-electron chi connectivity index (χ1n) is 14.7. The number of pyridine rings is 1. The van der Waals surface area contributed by atoms with Crippen LogP contribution in [0.3, 0.4) is 0 Å². The van der Waals surface area contributed by atoms with Crippen LogP contribution in [0.5, 0.6) is 5.88 Å². The van der Waals surface area contributed by atoms with Crippen LogP contribution in [-0.2, 0) is 34.0 Å². The van der Waals surface area contributed by atoms with E-state index in [0.717, 1.165) is 22.8 Å². The van der Waals surface area contributed by atoms with Crippen molar-refractivity contribution in [2.24, 2.45) is 11.8 Å². The first-order valence-corrected chi connectivity index (χ1v) is 16.3. The number of fused-ring (bicyclic) bond motifs is 3. The molecule has 1 aromatic heterocycles. The summed E-state index contributed by atoms with van der Waals surface area (Å²) < 4.78 is 89.3. The number of alkyl halides is 3. The second-order valence-corrected chi connectivity index (χ2v) is 14.5. The fraction of sp³-hybridized carbons (Fsp3) is 0.438. The quantitative estimate of drug-likeness (QED) is 0.301. The largest absolute Gasteiger partial charge is 0.481 e. The van der Waals surface area contributed by atoms with Crippen LogP contribution in [0, 0.1) is 17.7 Å². The highest BCUT2D eigenvalue weighted by molar-refractivity contribution is 7.90. The number of ether oxygens (including phenoxy) is 1. The van der Waals surface area contributed by atoms with Gasteiger partial charge in [0.15, 0.2) is 0 Å². The van der Waals surface area contributed by atoms with Gasteiger partial charge in [0, 0.05) is 36.8 Å². The van der Waals surface area contributed by atoms with E-state index >= 15 is 0 Å². The molecule has 44 heavy (non-hydrogen) atoms. The van der Waals surface area contributed by atoms with Crippen molar-refractivity contribution in [3.05, 3.63) is 82.3 Å². The van der Waals surface area contributed by atoms with E-state index in [1.54, 1.807) is 40.8 Å². The third-order valence-corrected chi connectivity index (χ3v) is 12.0. The first kappa shape index (κ1) is 29.2. The molecule has 2 heterocycles. The topological polar surface area (TPSA) is 96.8 Å². The molecule has 4 aliphatic rings. The summed E-state index contributed by atoms with van der Waals surface area (Å²) in [5.74, 6) is -1.99. The lowest BCUT2D eigenvalue weighted by atomic mass is 9.88. The lowest BCUT2D eigenvalue weighted by Gasteiger charge is -2.31. The molecule has 0 amide bonds. The number of nitrogens with zero attached hydrogens (tertiary/aromatic N) is 2. The Labute approximate surface area is 251 Å². The fourth-order valence-corrected chi connectivity index (χ4v) is 8.87. The number of carbonyl (C=O) groups is 1. The number of aromatic nitrogens is 1. The van der Waals surface area contributed by atoms with Gasteiger partial charge in [-0.15, -0.1) is 0 Å². The molecule has 1 aliphatic heterocycles. The van der Waals surface area contributed by atoms with Crippen LogP contribution >= 0.6 is 0 Å². The minimum Gasteiger partial charge on any atom is -0.481 e. The zero-order valence-electron chi connectivity index (χ0n) is 23.6. The maximum absolute atomic E-state index is 14.9. The maximum atomic E-state index is 14.9. The van der Waals surface area contributed by atoms with Crippen molar-refractivity contribution in [2.45, 2.75) is 62.0 Å². The van der Waals surface area contributed by atoms with Crippen molar-refractivity contribution < 1.29 is 40.6 Å². The monoisotopic (exact) mass is 630 g/mol. The Morgan fingerprint density at radius 1 is 1.05 bits per heavy atom. The number of carboxylic acid groups (broad SMARTS) is 1. The number of hydrogen-bond donors (Lipinski definition) is 1. The molecule has 1 saturated heterocycles. The number of benzene rings is 2. The third kappa shape index (κ3) is 5.25. The van der Waals surface area contributed by atoms with Gasteiger partial charge in [-0.2, -0.15) is 13.2 Å². The normalized spacial score (nSPS) is 23.7. The lowest BCUT2D eigenvalue weighted by molar-refractivity contribution is -0.139. The van der Waals surface area contributed by atoms with Crippen LogP contribution in [0.15, 0.2) is 48.7 Å². The molecular weight excluding hydrogens is 600 g/mol. The predicted molar refractivity (Wildman–Crippen MR) is 152 cm³/mol. The number of halogens is 4. The van der Waals surface area contributed by atoms with Crippen molar-refractivity contribution in [1.82, 2.24) is 9.29 Å². The molecule has 0 bridgehead atoms. The Balaban J connectivity index is 1.07. The molecule has 232 valence electrons. The van der Waals surface area contributed by atoms with Crippen molar-refractivity contribution in [2.75, 3.05) is 13.1 Å². The molecule has 0 unspecified atom stereocenters. The summed E-state index contributed by atoms with van der Waals surface area (Å²) in [6, 6.07) is 10.0. The Bertz CT molecular complexity index is 1730. The fourth-order valence-electron chi connectivity index (χ4n) is 6.99. The Kier molecular flexibility index (Phi) is 7.00. The number of piperidine rings is 1. The van der Waals surface area contributed by atoms with Crippen LogP contribution in [0.2, 0.25) is 0 Å². The van der Waals surface area contributed by atoms with Gasteiger partial charge in [0.2, 0.25) is 15.9 Å². The highest BCUT2D eigenvalue weighted by Crippen LogP contribution is 2.61. The average molecular weight is 631 g/mol. The van der Waals surface area contributed by atoms with Gasteiger partial charge in [-0.3, -0.25) is 4.79 Å². The van der Waals surface area contributed by atoms with Gasteiger partial charge in [-0.25, -0.2) is 22.1 Å². The molecule has 7 nitrogen and oxygen atoms in total. The lowest BCUT2D eigenvalue weighted by Crippen LogP contribution is -2.39. The number of hydrogen-bond acceptors (Lipinski definition) is 5. The molecule has 2 aromatic carbocycles. The van der Waals surface area contributed by atoms with E-state index in [0.29, 0.717) is 51.3 Å². The molecule has 3 fully saturated rings. The van der Waals surface area contributed by atoms with E-state index in [1.807, 2.05) is 0 Å². The molecule has 3 aliphatic carbocycles. The van der Waals surface area contributed by atoms with E-state index in [9.17, 15) is 35.9 Å². The van der Waals surface area contributed by atoms with Gasteiger partial charge in [0.05, 0.1) is 16.7 Å². The summed E-state index contributed by atoms with van der Waals surface area (Å²) in [7, 11) is -3.23. The predicted octanol–water partition coefficient (Wildman–Crippen LogP) is 6.13. The summed E-state index contributed by atoms with van der Waals surface area (Å²) in [5.41, 5.74) is 1.67. The van der Waals surface area contributed by atoms with Crippen molar-refractivity contribution in [3.63, 3.8) is 0 Å². The smallest absolute Gasteiger partial charge is 0.417 e. The number of sulfonamides is 1. The van der Waals surface area contributed by atoms with Gasteiger partial charge in [0.25, 0.3) is 0 Å². The minimum absolute atomic E-state index is 0.0390. The van der Waals surface area contributed by atoms with Gasteiger partial charge >= 0.3 is 12.1 Å². The summed E-state index contributed by atoms with van der Waals surface area (Å²) in [6.07, 6.45) is 0.0641. The first-order chi connectivity index (χ1) is 20.9. The molecule has 3 atom stereocenters. The van der Waals surface area contributed by atoms with Gasteiger partial charge in [-0.05, 0) is 83.9 Å². The summed E-state index contributed by atoms with van der Waals surface area (Å²) in [4.78, 5) is 15.6. The van der Waals surface area contributed by atoms with E-state index in [4.69, 9.17) is 4.74 Å². The van der Waals surface area contributed by atoms with E-state index in [-0.39, 0.29) is 52.2 Å². The Hall–Kier alpha value is -3.51. The molecule has 2 saturated carbocycles. The van der Waals surface area contributed by atoms with Crippen LogP contribution in [0.4, 0.5) is 17.6 Å². The summed E-state index contributed by atoms with van der Waals surface area (Å²) in [5, 5.41) is 9.05. The van der Waals surface area contributed by atoms with Crippen LogP contribution in [0.1, 0.15) is 65.3 Å². The molecule has 7 rings (SSSR count). The zero-order valence-corrected chi connectivity index (χ0v) is 24.4. The van der Waals surface area contributed by atoms with Gasteiger partial charge in [0.1, 0.15) is 12.4 Å². The van der Waals surface area contributed by atoms with Crippen molar-refractivity contribution in [3.8, 4) is 17.0 Å². The zero-order chi connectivity index (χ0) is 31.0. The molecule has 3 aromatic rings. The highest BCUT2D eigenvalue weighted by atomic mass is 32.2. The van der Waals surface area contributed by atoms with E-state index in [1.165, 1.54) is 0 Å². The number of rotatable bonds is 8. The number of aliphatic carboxylic acids is 1. The molecule has 0 radical (unpaired) electrons. The third-order valence-electron chi connectivity index (χ3n) is 9.59. The van der Waals surface area contributed by atoms with E-state index in [2.05, 4.69) is 4.98 Å². The maximum Gasteiger partial charge on any atom is 0.417 e. The van der Waals surface area contributed by atoms with Crippen LogP contribution in [-0.4, -0.2) is 47.1 Å². The van der Waals surface area contributed by atoms with Gasteiger partial charge in [-0.1, -0.05) is 24.3 Å². The van der Waals surface area contributed by atoms with Crippen LogP contribution in [0.25, 0.3) is 11.1 Å². The molecule has 1 N–H and O–H groups in total. The standard InChI is InChI=1S/C32H30F4N2O5S/c33-27-14-26(32(34,35)36)23(12-21(27)16-43-28-13-20-11-24-29(25(20)15-37-28)30(24)31(39)40)19-3-1-17(2-4-19)18-7-9-38(10-8-18)44(41,42)22-5-6-22/h1-4,12-15,18,22,24,29-30H,5-11,16H2,(H,39,40)/t24-,29-,30+/m1/s1. The second kappa shape index (κ2) is 10.5. The second-order valence-electron chi connectivity index (χ2n) is 12.3. The SMILES string of the molecule is O=C(O)[C@H]1[C@@H]2Cc3cc(OCc4cc(-c5ccc(C6CCN(S(=O)(=O)C7CC7)CC6)cc5)c(C(F)(F)F)cc4F)ncc3[C@@H]21. The molecule has 0 spiro atoms. The Morgan fingerprint density at radius 3 is 2.39 bits per heavy atom. The van der Waals surface area contributed by atoms with Crippen molar-refractivity contribution >= 4 is 16.0 Å². The number of carboxylic acids is 1. The summed E-state index contributed by atoms with van der Waals surface area (Å²) >= 11 is 0. The summed E-state index contributed by atoms with van der Waals surface area (Å²) in [6.45, 7) is 0.509.